The highest BCUT2D eigenvalue weighted by Crippen LogP contribution is 2.41. The van der Waals surface area contributed by atoms with Crippen molar-refractivity contribution in [3.63, 3.8) is 0 Å². The Labute approximate surface area is 871 Å². The standard InChI is InChI=1S/C33H41N5O8S2.C27H27N3O4.C26H28N6O2S2.C19H25N5O2S2/c1-41-23-15-20(16-24(42-2)31(23)45-5)11-13-22(39)19-30-37-35-28(47-30)9-7-8-10-29-36-38-33(48-29)34-27(40)14-12-21-17-25(43-3)32(46-6)26(18-21)44-4;31-24(15-20-9-3-1-4-10-20)19-25-17-22(29-33-25)13-7-8-14-23-18-27(34-30-23)28-26(32)16-21-11-5-2-6-12-21;1-31(23(33)17-19-11-5-3-6-12-19)25-29-27-21(35-25)15-9-10-16-22-28-30-26(36-22)32(2)24(34)18-20-13-7-4-8-14-20;25-14(12-5-3-6-12)11-17-23-21-15(27-17)9-1-2-10-16-22-24-19(28-16)20-18(26)13-7-4-8-13/h15-18H,7-14,19H2,1-6H3,(H,34,38,40);1-6,9-12,17-18H,7-8,13-16,19H2,(H,28,32);3-8,11-14H,9-10,15-18H2,1-2H3;12-13H,1-11H2,(H,20,24,26). The van der Waals surface area contributed by atoms with Crippen molar-refractivity contribution in [2.45, 2.75) is 212 Å². The quantitative estimate of drug-likeness (QED) is 0.0298. The Morgan fingerprint density at radius 2 is 0.705 bits per heavy atom. The molecule has 2 aliphatic rings. The number of nitrogens with zero attached hydrogens (tertiary/aromatic N) is 16. The predicted octanol–water partition coefficient (Wildman–Crippen LogP) is 18.1. The molecular weight excluding hydrogens is 1980 g/mol. The number of aromatic nitrogens is 14. The van der Waals surface area contributed by atoms with Gasteiger partial charge in [0, 0.05) is 95.9 Å². The number of Topliss-reactive ketones (excluding diaryl/α,β-unsaturated/α-hetero) is 3. The van der Waals surface area contributed by atoms with Crippen LogP contribution in [0.25, 0.3) is 0 Å². The van der Waals surface area contributed by atoms with E-state index in [1.165, 1.54) is 63.1 Å². The average Bonchev–Trinajstić information content (AvgIpc) is 1.46. The fourth-order valence-electron chi connectivity index (χ4n) is 15.5. The van der Waals surface area contributed by atoms with Crippen molar-refractivity contribution in [1.82, 2.24) is 71.5 Å². The summed E-state index contributed by atoms with van der Waals surface area (Å²) in [6, 6.07) is 49.6. The lowest BCUT2D eigenvalue weighted by molar-refractivity contribution is -0.124. The normalized spacial score (nSPS) is 12.0. The SMILES string of the molecule is CN(C(=O)Cc1ccccc1)c1nnc(CCCCc2nnc(N(C)C(=O)Cc3ccccc3)s2)s1.COc1cc(CCC(=O)Cc2nnc(CCCCc3nnc(NC(=O)CCc4cc(OC)c(OC)c(OC)c4)s3)s2)cc(OC)c1OC.O=C(Cc1ccccc1)Cc1cc(CCCCc2cc(NC(=O)Cc3ccccc3)on2)no1.O=C(Cc1nnc(CCCCc2nnc(NC(=O)C3CCC3)s2)s1)C1CCC1. The molecule has 0 spiro atoms. The van der Waals surface area contributed by atoms with Crippen molar-refractivity contribution >= 4 is 141 Å². The van der Waals surface area contributed by atoms with E-state index >= 15 is 0 Å². The number of rotatable bonds is 53. The zero-order valence-corrected chi connectivity index (χ0v) is 88.0. The second-order valence-corrected chi connectivity index (χ2v) is 41.5. The van der Waals surface area contributed by atoms with E-state index in [0.29, 0.717) is 117 Å². The number of carbonyl (C=O) groups is 8. The number of benzene rings is 6. The third kappa shape index (κ3) is 35.3. The van der Waals surface area contributed by atoms with Crippen molar-refractivity contribution in [1.29, 1.82) is 0 Å². The van der Waals surface area contributed by atoms with Crippen LogP contribution in [-0.2, 0) is 148 Å². The summed E-state index contributed by atoms with van der Waals surface area (Å²) in [6.45, 7) is 0. The molecule has 0 saturated heterocycles. The maximum absolute atomic E-state index is 12.7. The Bertz CT molecular complexity index is 6070. The van der Waals surface area contributed by atoms with Gasteiger partial charge in [0.05, 0.1) is 92.6 Å². The van der Waals surface area contributed by atoms with Gasteiger partial charge in [-0.25, -0.2) is 0 Å². The molecule has 0 bridgehead atoms. The van der Waals surface area contributed by atoms with Crippen LogP contribution in [0.3, 0.4) is 0 Å². The first-order valence-electron chi connectivity index (χ1n) is 48.7. The van der Waals surface area contributed by atoms with Gasteiger partial charge in [-0.2, -0.15) is 0 Å². The number of ketones is 3. The number of aryl methyl sites for hydroxylation is 10. The lowest BCUT2D eigenvalue weighted by Gasteiger charge is -2.23. The van der Waals surface area contributed by atoms with Gasteiger partial charge in [-0.15, -0.1) is 83.9 Å². The molecule has 146 heavy (non-hydrogen) atoms. The van der Waals surface area contributed by atoms with E-state index < -0.39 is 0 Å². The third-order valence-corrected chi connectivity index (χ3v) is 29.9. The van der Waals surface area contributed by atoms with Crippen molar-refractivity contribution in [2.75, 3.05) is 82.5 Å². The summed E-state index contributed by atoms with van der Waals surface area (Å²) < 4.78 is 42.9. The Hall–Kier alpha value is -13.7. The van der Waals surface area contributed by atoms with Crippen LogP contribution in [0.5, 0.6) is 34.5 Å². The molecule has 16 rings (SSSR count). The number of hydrogen-bond acceptors (Lipinski definition) is 36. The lowest BCUT2D eigenvalue weighted by Crippen LogP contribution is -2.27. The zero-order valence-electron chi connectivity index (χ0n) is 83.1. The van der Waals surface area contributed by atoms with Crippen molar-refractivity contribution in [3.05, 3.63) is 248 Å². The third-order valence-electron chi connectivity index (χ3n) is 24.0. The summed E-state index contributed by atoms with van der Waals surface area (Å²) in [5, 5.41) is 76.4. The van der Waals surface area contributed by atoms with Gasteiger partial charge < -0.3 is 48.1 Å². The first kappa shape index (κ1) is 109. The summed E-state index contributed by atoms with van der Waals surface area (Å²) in [5.74, 6) is 4.91. The maximum atomic E-state index is 12.7. The monoisotopic (exact) mass is 2100 g/mol. The van der Waals surface area contributed by atoms with Crippen molar-refractivity contribution < 1.29 is 75.8 Å². The molecule has 6 aromatic carbocycles. The van der Waals surface area contributed by atoms with E-state index in [2.05, 4.69) is 87.4 Å². The van der Waals surface area contributed by atoms with Crippen LogP contribution in [0.2, 0.25) is 0 Å². The van der Waals surface area contributed by atoms with Gasteiger partial charge in [0.2, 0.25) is 67.4 Å². The minimum atomic E-state index is -0.154. The van der Waals surface area contributed by atoms with E-state index in [4.69, 9.17) is 37.5 Å². The average molecular weight is 2100 g/mol. The van der Waals surface area contributed by atoms with Gasteiger partial charge in [-0.3, -0.25) is 53.5 Å². The molecule has 2 saturated carbocycles. The molecular formula is C105H121N19O16S6. The fourth-order valence-corrected chi connectivity index (χ4v) is 20.6. The van der Waals surface area contributed by atoms with Gasteiger partial charge in [0.1, 0.15) is 63.2 Å². The van der Waals surface area contributed by atoms with E-state index in [9.17, 15) is 38.4 Å². The number of unbranched alkanes of at least 4 members (excludes halogenated alkanes) is 4. The smallest absolute Gasteiger partial charge is 0.232 e. The highest BCUT2D eigenvalue weighted by atomic mass is 32.1. The van der Waals surface area contributed by atoms with Crippen molar-refractivity contribution in [3.8, 4) is 34.5 Å². The Morgan fingerprint density at radius 1 is 0.329 bits per heavy atom. The number of anilines is 5. The number of nitrogens with one attached hydrogen (secondary N) is 3. The van der Waals surface area contributed by atoms with Crippen LogP contribution < -0.4 is 54.2 Å². The molecule has 8 heterocycles. The molecule has 2 aliphatic carbocycles. The molecule has 0 radical (unpaired) electrons. The topological polar surface area (TPSA) is 441 Å². The highest BCUT2D eigenvalue weighted by molar-refractivity contribution is 7.16. The molecule has 35 nitrogen and oxygen atoms in total. The number of carbonyl (C=O) groups excluding carboxylic acids is 8. The minimum absolute atomic E-state index is 0.0109. The first-order valence-corrected chi connectivity index (χ1v) is 53.6. The van der Waals surface area contributed by atoms with Gasteiger partial charge in [-0.1, -0.05) is 190 Å². The molecule has 0 unspecified atom stereocenters. The number of amides is 5. The molecule has 5 amide bonds. The summed E-state index contributed by atoms with van der Waals surface area (Å²) in [6.07, 6.45) is 24.0. The van der Waals surface area contributed by atoms with Crippen LogP contribution in [0.15, 0.2) is 167 Å². The summed E-state index contributed by atoms with van der Waals surface area (Å²) in [4.78, 5) is 102. The van der Waals surface area contributed by atoms with Crippen LogP contribution in [0.4, 0.5) is 26.4 Å². The van der Waals surface area contributed by atoms with Crippen LogP contribution in [0.1, 0.15) is 193 Å². The Balaban J connectivity index is 0.000000166. The minimum Gasteiger partial charge on any atom is -0.493 e. The molecule has 8 aromatic heterocycles. The number of hydrogen-bond donors (Lipinski definition) is 3. The second kappa shape index (κ2) is 57.8. The van der Waals surface area contributed by atoms with E-state index in [-0.39, 0.29) is 78.6 Å². The van der Waals surface area contributed by atoms with E-state index in [0.717, 1.165) is 220 Å². The van der Waals surface area contributed by atoms with Gasteiger partial charge in [-0.05, 0) is 160 Å². The summed E-state index contributed by atoms with van der Waals surface area (Å²) >= 11 is 8.78. The maximum Gasteiger partial charge on any atom is 0.232 e. The second-order valence-electron chi connectivity index (χ2n) is 35.0. The predicted molar refractivity (Wildman–Crippen MR) is 562 cm³/mol. The summed E-state index contributed by atoms with van der Waals surface area (Å²) in [7, 11) is 12.8. The highest BCUT2D eigenvalue weighted by Gasteiger charge is 2.29. The number of likely N-dealkylation sites (N-methyl/N-ethyl adjacent to an activating group) is 2. The van der Waals surface area contributed by atoms with Gasteiger partial charge >= 0.3 is 0 Å². The lowest BCUT2D eigenvalue weighted by atomic mass is 9.81. The molecule has 3 N–H and O–H groups in total. The van der Waals surface area contributed by atoms with Crippen molar-refractivity contribution in [2.24, 2.45) is 11.8 Å². The molecule has 0 atom stereocenters. The zero-order chi connectivity index (χ0) is 103. The summed E-state index contributed by atoms with van der Waals surface area (Å²) in [5.41, 5.74) is 7.35. The van der Waals surface area contributed by atoms with Crippen LogP contribution >= 0.6 is 68.0 Å². The van der Waals surface area contributed by atoms with Crippen LogP contribution in [-0.4, -0.2) is 175 Å². The Morgan fingerprint density at radius 3 is 1.14 bits per heavy atom. The fraction of sp³-hybridized carbons (Fsp3) is 0.410. The Kier molecular flexibility index (Phi) is 43.4. The first-order chi connectivity index (χ1) is 71.1. The molecule has 0 aliphatic heterocycles. The molecule has 41 heteroatoms. The largest absolute Gasteiger partial charge is 0.493 e. The van der Waals surface area contributed by atoms with Gasteiger partial charge in [0.25, 0.3) is 0 Å². The van der Waals surface area contributed by atoms with Gasteiger partial charge in [0.15, 0.2) is 23.0 Å². The number of methoxy groups -OCH3 is 6. The van der Waals surface area contributed by atoms with E-state index in [1.54, 1.807) is 84.0 Å². The van der Waals surface area contributed by atoms with E-state index in [1.807, 2.05) is 152 Å². The molecule has 768 valence electrons. The van der Waals surface area contributed by atoms with Crippen LogP contribution in [0, 0.1) is 11.8 Å². The number of ether oxygens (including phenoxy) is 6. The molecule has 2 fully saturated rings. The molecule has 14 aromatic rings.